The molecule has 0 aliphatic heterocycles. The zero-order chi connectivity index (χ0) is 18.1. The van der Waals surface area contributed by atoms with Gasteiger partial charge < -0.3 is 20.1 Å². The van der Waals surface area contributed by atoms with Crippen LogP contribution in [0.25, 0.3) is 0 Å². The van der Waals surface area contributed by atoms with Crippen molar-refractivity contribution in [3.05, 3.63) is 29.8 Å². The number of methoxy groups -OCH3 is 1. The van der Waals surface area contributed by atoms with Crippen molar-refractivity contribution in [2.45, 2.75) is 57.7 Å². The molecule has 0 unspecified atom stereocenters. The number of aliphatic imine (C=N–C) groups is 1. The van der Waals surface area contributed by atoms with E-state index in [-0.39, 0.29) is 29.6 Å². The van der Waals surface area contributed by atoms with Crippen molar-refractivity contribution in [3.8, 4) is 5.75 Å². The predicted molar refractivity (Wildman–Crippen MR) is 119 cm³/mol. The van der Waals surface area contributed by atoms with E-state index in [2.05, 4.69) is 39.9 Å². The summed E-state index contributed by atoms with van der Waals surface area (Å²) in [5.74, 6) is 1.79. The van der Waals surface area contributed by atoms with E-state index in [0.29, 0.717) is 12.6 Å². The van der Waals surface area contributed by atoms with Crippen LogP contribution in [0.3, 0.4) is 0 Å². The number of guanidine groups is 1. The third-order valence-electron chi connectivity index (χ3n) is 4.69. The van der Waals surface area contributed by atoms with E-state index in [0.717, 1.165) is 24.7 Å². The van der Waals surface area contributed by atoms with Crippen LogP contribution in [0.1, 0.15) is 45.1 Å². The number of hydrogen-bond donors (Lipinski definition) is 2. The third-order valence-corrected chi connectivity index (χ3v) is 4.69. The molecular formula is C20H34IN3O2. The second kappa shape index (κ2) is 11.6. The molecule has 1 aliphatic rings. The van der Waals surface area contributed by atoms with Crippen molar-refractivity contribution in [1.29, 1.82) is 0 Å². The Morgan fingerprint density at radius 2 is 1.81 bits per heavy atom. The number of ether oxygens (including phenoxy) is 2. The van der Waals surface area contributed by atoms with Gasteiger partial charge >= 0.3 is 0 Å². The van der Waals surface area contributed by atoms with Crippen molar-refractivity contribution in [2.24, 2.45) is 4.99 Å². The lowest BCUT2D eigenvalue weighted by molar-refractivity contribution is 0.0268. The van der Waals surface area contributed by atoms with Gasteiger partial charge in [0.15, 0.2) is 5.96 Å². The summed E-state index contributed by atoms with van der Waals surface area (Å²) >= 11 is 0. The summed E-state index contributed by atoms with van der Waals surface area (Å²) in [5.41, 5.74) is 1.08. The van der Waals surface area contributed by atoms with Crippen LogP contribution in [0.5, 0.6) is 5.75 Å². The molecule has 5 nitrogen and oxygen atoms in total. The van der Waals surface area contributed by atoms with Crippen molar-refractivity contribution in [3.63, 3.8) is 0 Å². The average Bonchev–Trinajstić information content (AvgIpc) is 3.12. The Kier molecular flexibility index (Phi) is 10.3. The molecule has 2 N–H and O–H groups in total. The number of nitrogens with zero attached hydrogens (tertiary/aromatic N) is 1. The zero-order valence-corrected chi connectivity index (χ0v) is 18.8. The maximum absolute atomic E-state index is 6.01. The number of nitrogens with one attached hydrogen (secondary N) is 2. The van der Waals surface area contributed by atoms with Crippen LogP contribution in [0, 0.1) is 0 Å². The summed E-state index contributed by atoms with van der Waals surface area (Å²) in [6, 6.07) is 8.47. The molecule has 0 atom stereocenters. The molecule has 1 aromatic rings. The van der Waals surface area contributed by atoms with Crippen LogP contribution in [0.4, 0.5) is 0 Å². The zero-order valence-electron chi connectivity index (χ0n) is 16.5. The van der Waals surface area contributed by atoms with E-state index in [1.165, 1.54) is 31.2 Å². The van der Waals surface area contributed by atoms with Crippen molar-refractivity contribution >= 4 is 29.9 Å². The topological polar surface area (TPSA) is 54.9 Å². The van der Waals surface area contributed by atoms with Gasteiger partial charge in [0.25, 0.3) is 0 Å². The lowest BCUT2D eigenvalue weighted by Crippen LogP contribution is -2.45. The smallest absolute Gasteiger partial charge is 0.191 e. The molecule has 0 aromatic heterocycles. The molecule has 2 rings (SSSR count). The summed E-state index contributed by atoms with van der Waals surface area (Å²) in [4.78, 5) is 4.25. The summed E-state index contributed by atoms with van der Waals surface area (Å²) in [7, 11) is 3.50. The van der Waals surface area contributed by atoms with E-state index in [1.807, 2.05) is 13.8 Å². The highest BCUT2D eigenvalue weighted by Gasteiger charge is 2.17. The molecule has 148 valence electrons. The molecular weight excluding hydrogens is 441 g/mol. The third kappa shape index (κ3) is 8.12. The predicted octanol–water partition coefficient (Wildman–Crippen LogP) is 3.76. The Labute approximate surface area is 175 Å². The van der Waals surface area contributed by atoms with E-state index >= 15 is 0 Å². The van der Waals surface area contributed by atoms with Gasteiger partial charge in [-0.2, -0.15) is 0 Å². The highest BCUT2D eigenvalue weighted by Crippen LogP contribution is 2.24. The van der Waals surface area contributed by atoms with Gasteiger partial charge in [-0.25, -0.2) is 0 Å². The Bertz CT molecular complexity index is 540. The molecule has 0 bridgehead atoms. The maximum atomic E-state index is 6.01. The first-order valence-corrected chi connectivity index (χ1v) is 9.28. The second-order valence-corrected chi connectivity index (χ2v) is 7.23. The Balaban J connectivity index is 0.00000338. The Hall–Kier alpha value is -1.02. The van der Waals surface area contributed by atoms with Gasteiger partial charge in [0.1, 0.15) is 5.75 Å². The van der Waals surface area contributed by atoms with Crippen LogP contribution < -0.4 is 15.4 Å². The van der Waals surface area contributed by atoms with E-state index < -0.39 is 0 Å². The van der Waals surface area contributed by atoms with Gasteiger partial charge in [-0.05, 0) is 63.6 Å². The number of benzene rings is 1. The van der Waals surface area contributed by atoms with E-state index in [4.69, 9.17) is 9.47 Å². The lowest BCUT2D eigenvalue weighted by atomic mass is 10.1. The fraction of sp³-hybridized carbons (Fsp3) is 0.650. The fourth-order valence-electron chi connectivity index (χ4n) is 2.85. The highest BCUT2D eigenvalue weighted by molar-refractivity contribution is 14.0. The molecule has 1 aromatic carbocycles. The van der Waals surface area contributed by atoms with Crippen LogP contribution >= 0.6 is 24.0 Å². The van der Waals surface area contributed by atoms with Crippen LogP contribution in [-0.2, 0) is 11.2 Å². The first-order valence-electron chi connectivity index (χ1n) is 9.28. The number of hydrogen-bond acceptors (Lipinski definition) is 3. The first kappa shape index (κ1) is 23.0. The Morgan fingerprint density at radius 3 is 2.38 bits per heavy atom. The number of halogens is 1. The van der Waals surface area contributed by atoms with Crippen molar-refractivity contribution < 1.29 is 9.47 Å². The molecule has 0 saturated heterocycles. The van der Waals surface area contributed by atoms with Crippen molar-refractivity contribution in [2.75, 3.05) is 27.2 Å². The normalized spacial score (nSPS) is 15.5. The summed E-state index contributed by atoms with van der Waals surface area (Å²) in [6.07, 6.45) is 6.34. The van der Waals surface area contributed by atoms with Gasteiger partial charge in [-0.3, -0.25) is 4.99 Å². The fourth-order valence-corrected chi connectivity index (χ4v) is 2.85. The minimum absolute atomic E-state index is 0. The largest absolute Gasteiger partial charge is 0.490 e. The molecule has 6 heteroatoms. The summed E-state index contributed by atoms with van der Waals surface area (Å²) in [6.45, 7) is 5.62. The van der Waals surface area contributed by atoms with Crippen LogP contribution in [-0.4, -0.2) is 44.9 Å². The van der Waals surface area contributed by atoms with Gasteiger partial charge in [0.2, 0.25) is 0 Å². The quantitative estimate of drug-likeness (QED) is 0.342. The first-order chi connectivity index (χ1) is 12.0. The molecule has 0 spiro atoms. The summed E-state index contributed by atoms with van der Waals surface area (Å²) in [5, 5.41) is 6.63. The van der Waals surface area contributed by atoms with E-state index in [1.54, 1.807) is 14.2 Å². The minimum Gasteiger partial charge on any atom is -0.490 e. The van der Waals surface area contributed by atoms with Gasteiger partial charge in [-0.15, -0.1) is 24.0 Å². The molecule has 0 heterocycles. The monoisotopic (exact) mass is 475 g/mol. The van der Waals surface area contributed by atoms with Crippen LogP contribution in [0.15, 0.2) is 29.3 Å². The second-order valence-electron chi connectivity index (χ2n) is 7.23. The van der Waals surface area contributed by atoms with E-state index in [9.17, 15) is 0 Å². The Morgan fingerprint density at radius 1 is 1.15 bits per heavy atom. The minimum atomic E-state index is -0.216. The number of rotatable bonds is 8. The van der Waals surface area contributed by atoms with Crippen LogP contribution in [0.2, 0.25) is 0 Å². The van der Waals surface area contributed by atoms with Gasteiger partial charge in [-0.1, -0.05) is 12.1 Å². The molecule has 26 heavy (non-hydrogen) atoms. The van der Waals surface area contributed by atoms with Gasteiger partial charge in [0, 0.05) is 27.2 Å². The molecule has 1 aliphatic carbocycles. The van der Waals surface area contributed by atoms with Crippen molar-refractivity contribution in [1.82, 2.24) is 10.6 Å². The molecule has 0 radical (unpaired) electrons. The summed E-state index contributed by atoms with van der Waals surface area (Å²) < 4.78 is 11.4. The standard InChI is InChI=1S/C20H33N3O2.HI/c1-20(2,24-4)15-23-19(21-3)22-14-13-16-9-11-18(12-10-16)25-17-7-5-6-8-17;/h9-12,17H,5-8,13-15H2,1-4H3,(H2,21,22,23);1H. The van der Waals surface area contributed by atoms with Gasteiger partial charge in [0.05, 0.1) is 11.7 Å². The average molecular weight is 475 g/mol. The molecule has 1 saturated carbocycles. The highest BCUT2D eigenvalue weighted by atomic mass is 127. The SMILES string of the molecule is CN=C(NCCc1ccc(OC2CCCC2)cc1)NCC(C)(C)OC.I. The molecule has 0 amide bonds. The lowest BCUT2D eigenvalue weighted by Gasteiger charge is -2.24. The molecule has 1 fully saturated rings. The maximum Gasteiger partial charge on any atom is 0.191 e.